The van der Waals surface area contributed by atoms with Gasteiger partial charge in [-0.25, -0.2) is 0 Å². The first-order valence-electron chi connectivity index (χ1n) is 6.83. The standard InChI is InChI=1S/C17H16N2OS.2ClH/c1-11-13-6-2-3-7-16(13)21-17(11)15(20)9-14(18)12-5-4-8-19-10-12;;/h2-8,10,14H,9,18H2,1H3;2*1H. The molecule has 6 heteroatoms. The Bertz CT molecular complexity index is 790. The maximum Gasteiger partial charge on any atom is 0.174 e. The monoisotopic (exact) mass is 368 g/mol. The van der Waals surface area contributed by atoms with Crippen molar-refractivity contribution in [2.24, 2.45) is 5.73 Å². The van der Waals surface area contributed by atoms with Gasteiger partial charge in [0.15, 0.2) is 5.78 Å². The van der Waals surface area contributed by atoms with E-state index in [4.69, 9.17) is 5.73 Å². The van der Waals surface area contributed by atoms with Gasteiger partial charge in [-0.15, -0.1) is 36.2 Å². The second kappa shape index (κ2) is 8.41. The number of aromatic nitrogens is 1. The van der Waals surface area contributed by atoms with Crippen molar-refractivity contribution in [2.45, 2.75) is 19.4 Å². The van der Waals surface area contributed by atoms with Gasteiger partial charge in [-0.3, -0.25) is 9.78 Å². The molecule has 2 N–H and O–H groups in total. The first kappa shape index (κ1) is 19.6. The SMILES string of the molecule is Cc1c(C(=O)CC(N)c2cccnc2)sc2ccccc12.Cl.Cl. The highest BCUT2D eigenvalue weighted by Crippen LogP contribution is 2.32. The van der Waals surface area contributed by atoms with Gasteiger partial charge in [0.05, 0.1) is 4.88 Å². The molecule has 1 unspecified atom stereocenters. The number of hydrogen-bond donors (Lipinski definition) is 1. The Kier molecular flexibility index (Phi) is 7.16. The van der Waals surface area contributed by atoms with Crippen molar-refractivity contribution in [3.63, 3.8) is 0 Å². The molecule has 2 heterocycles. The van der Waals surface area contributed by atoms with E-state index in [1.165, 1.54) is 0 Å². The number of benzene rings is 1. The van der Waals surface area contributed by atoms with Crippen LogP contribution in [0.5, 0.6) is 0 Å². The molecule has 0 aliphatic heterocycles. The van der Waals surface area contributed by atoms with Crippen LogP contribution in [-0.2, 0) is 0 Å². The van der Waals surface area contributed by atoms with Gasteiger partial charge in [-0.1, -0.05) is 24.3 Å². The van der Waals surface area contributed by atoms with Crippen molar-refractivity contribution < 1.29 is 4.79 Å². The van der Waals surface area contributed by atoms with Gasteiger partial charge >= 0.3 is 0 Å². The second-order valence-corrected chi connectivity index (χ2v) is 6.12. The molecule has 1 atom stereocenters. The number of thiophene rings is 1. The minimum absolute atomic E-state index is 0. The Balaban J connectivity index is 0.00000132. The number of fused-ring (bicyclic) bond motifs is 1. The molecule has 0 bridgehead atoms. The van der Waals surface area contributed by atoms with E-state index in [1.807, 2.05) is 37.3 Å². The van der Waals surface area contributed by atoms with Gasteiger partial charge in [0.2, 0.25) is 0 Å². The van der Waals surface area contributed by atoms with E-state index in [9.17, 15) is 4.79 Å². The average Bonchev–Trinajstić information content (AvgIpc) is 2.86. The van der Waals surface area contributed by atoms with Crippen LogP contribution in [0.1, 0.15) is 33.3 Å². The molecule has 3 rings (SSSR count). The summed E-state index contributed by atoms with van der Waals surface area (Å²) in [5.74, 6) is 0.102. The molecule has 3 aromatic rings. The van der Waals surface area contributed by atoms with E-state index >= 15 is 0 Å². The van der Waals surface area contributed by atoms with E-state index < -0.39 is 0 Å². The van der Waals surface area contributed by atoms with Gasteiger partial charge in [-0.05, 0) is 35.6 Å². The zero-order valence-electron chi connectivity index (χ0n) is 12.6. The van der Waals surface area contributed by atoms with E-state index in [0.717, 1.165) is 26.1 Å². The molecule has 1 aromatic carbocycles. The Hall–Kier alpha value is -1.46. The highest BCUT2D eigenvalue weighted by molar-refractivity contribution is 7.21. The lowest BCUT2D eigenvalue weighted by molar-refractivity contribution is 0.0978. The third-order valence-electron chi connectivity index (χ3n) is 3.61. The van der Waals surface area contributed by atoms with Crippen molar-refractivity contribution in [1.29, 1.82) is 0 Å². The van der Waals surface area contributed by atoms with E-state index in [0.29, 0.717) is 6.42 Å². The summed E-state index contributed by atoms with van der Waals surface area (Å²) in [7, 11) is 0. The van der Waals surface area contributed by atoms with E-state index in [2.05, 4.69) is 11.1 Å². The van der Waals surface area contributed by atoms with Crippen molar-refractivity contribution in [3.8, 4) is 0 Å². The zero-order chi connectivity index (χ0) is 14.8. The number of aryl methyl sites for hydroxylation is 1. The van der Waals surface area contributed by atoms with Gasteiger partial charge in [0.1, 0.15) is 0 Å². The highest BCUT2D eigenvalue weighted by atomic mass is 35.5. The van der Waals surface area contributed by atoms with Crippen molar-refractivity contribution >= 4 is 52.0 Å². The second-order valence-electron chi connectivity index (χ2n) is 5.07. The quantitative estimate of drug-likeness (QED) is 0.677. The zero-order valence-corrected chi connectivity index (χ0v) is 15.0. The number of nitrogens with two attached hydrogens (primary N) is 1. The van der Waals surface area contributed by atoms with Crippen LogP contribution in [0.15, 0.2) is 48.8 Å². The Morgan fingerprint density at radius 1 is 1.22 bits per heavy atom. The summed E-state index contributed by atoms with van der Waals surface area (Å²) in [4.78, 5) is 17.4. The smallest absolute Gasteiger partial charge is 0.174 e. The average molecular weight is 369 g/mol. The topological polar surface area (TPSA) is 56.0 Å². The van der Waals surface area contributed by atoms with Crippen molar-refractivity contribution in [3.05, 3.63) is 64.8 Å². The van der Waals surface area contributed by atoms with Crippen LogP contribution in [0.2, 0.25) is 0 Å². The number of nitrogens with zero attached hydrogens (tertiary/aromatic N) is 1. The predicted octanol–water partition coefficient (Wildman–Crippen LogP) is 4.72. The number of hydrogen-bond acceptors (Lipinski definition) is 4. The van der Waals surface area contributed by atoms with Crippen LogP contribution in [0, 0.1) is 6.92 Å². The molecule has 0 saturated carbocycles. The number of Topliss-reactive ketones (excluding diaryl/α,β-unsaturated/α-hetero) is 1. The number of carbonyl (C=O) groups is 1. The van der Waals surface area contributed by atoms with Crippen LogP contribution in [-0.4, -0.2) is 10.8 Å². The lowest BCUT2D eigenvalue weighted by atomic mass is 10.0. The third kappa shape index (κ3) is 4.09. The fourth-order valence-electron chi connectivity index (χ4n) is 2.45. The Morgan fingerprint density at radius 3 is 2.61 bits per heavy atom. The minimum atomic E-state index is -0.309. The summed E-state index contributed by atoms with van der Waals surface area (Å²) in [5.41, 5.74) is 8.07. The van der Waals surface area contributed by atoms with E-state index in [1.54, 1.807) is 23.7 Å². The molecular weight excluding hydrogens is 351 g/mol. The number of rotatable bonds is 4. The maximum atomic E-state index is 12.5. The van der Waals surface area contributed by atoms with Gasteiger partial charge in [0.25, 0.3) is 0 Å². The molecule has 0 saturated heterocycles. The molecular formula is C17H18Cl2N2OS. The number of halogens is 2. The number of ketones is 1. The first-order chi connectivity index (χ1) is 10.2. The molecule has 2 aromatic heterocycles. The molecule has 0 aliphatic rings. The fraction of sp³-hybridized carbons (Fsp3) is 0.176. The Morgan fingerprint density at radius 2 is 1.96 bits per heavy atom. The van der Waals surface area contributed by atoms with Crippen LogP contribution >= 0.6 is 36.2 Å². The van der Waals surface area contributed by atoms with Gasteiger partial charge < -0.3 is 5.73 Å². The van der Waals surface area contributed by atoms with Crippen molar-refractivity contribution in [1.82, 2.24) is 4.98 Å². The lowest BCUT2D eigenvalue weighted by Crippen LogP contribution is -2.15. The maximum absolute atomic E-state index is 12.5. The van der Waals surface area contributed by atoms with Crippen LogP contribution in [0.25, 0.3) is 10.1 Å². The lowest BCUT2D eigenvalue weighted by Gasteiger charge is -2.10. The number of carbonyl (C=O) groups excluding carboxylic acids is 1. The molecule has 0 amide bonds. The van der Waals surface area contributed by atoms with Crippen molar-refractivity contribution in [2.75, 3.05) is 0 Å². The summed E-state index contributed by atoms with van der Waals surface area (Å²) in [5, 5.41) is 1.15. The van der Waals surface area contributed by atoms with Gasteiger partial charge in [0, 0.05) is 29.6 Å². The molecule has 0 radical (unpaired) electrons. The summed E-state index contributed by atoms with van der Waals surface area (Å²) in [6.45, 7) is 2.00. The summed E-state index contributed by atoms with van der Waals surface area (Å²) >= 11 is 1.55. The van der Waals surface area contributed by atoms with Gasteiger partial charge in [-0.2, -0.15) is 0 Å². The van der Waals surface area contributed by atoms with E-state index in [-0.39, 0.29) is 36.6 Å². The predicted molar refractivity (Wildman–Crippen MR) is 101 cm³/mol. The minimum Gasteiger partial charge on any atom is -0.324 e. The molecule has 0 fully saturated rings. The molecule has 122 valence electrons. The first-order valence-corrected chi connectivity index (χ1v) is 7.65. The summed E-state index contributed by atoms with van der Waals surface area (Å²) in [6, 6.07) is 11.5. The summed E-state index contributed by atoms with van der Waals surface area (Å²) in [6.07, 6.45) is 3.73. The Labute approximate surface area is 151 Å². The normalized spacial score (nSPS) is 11.4. The van der Waals surface area contributed by atoms with Crippen LogP contribution in [0.4, 0.5) is 0 Å². The van der Waals surface area contributed by atoms with Crippen LogP contribution in [0.3, 0.4) is 0 Å². The number of pyridine rings is 1. The molecule has 0 aliphatic carbocycles. The third-order valence-corrected chi connectivity index (χ3v) is 4.93. The largest absolute Gasteiger partial charge is 0.324 e. The highest BCUT2D eigenvalue weighted by Gasteiger charge is 2.18. The molecule has 23 heavy (non-hydrogen) atoms. The molecule has 3 nitrogen and oxygen atoms in total. The van der Waals surface area contributed by atoms with Crippen LogP contribution < -0.4 is 5.73 Å². The summed E-state index contributed by atoms with van der Waals surface area (Å²) < 4.78 is 1.15. The fourth-order valence-corrected chi connectivity index (χ4v) is 3.60. The molecule has 0 spiro atoms.